The normalized spacial score (nSPS) is 12.3. The second-order valence-electron chi connectivity index (χ2n) is 3.24. The molecule has 0 fully saturated rings. The first-order chi connectivity index (χ1) is 7.27. The Bertz CT molecular complexity index is 463. The summed E-state index contributed by atoms with van der Waals surface area (Å²) in [5.74, 6) is 0.196. The molecule has 0 aliphatic heterocycles. The van der Waals surface area contributed by atoms with Gasteiger partial charge in [0.1, 0.15) is 13.6 Å². The van der Waals surface area contributed by atoms with Crippen molar-refractivity contribution in [3.05, 3.63) is 54.6 Å². The van der Waals surface area contributed by atoms with Gasteiger partial charge in [-0.1, -0.05) is 30.3 Å². The highest BCUT2D eigenvalue weighted by Gasteiger charge is 2.05. The molecule has 0 saturated carbocycles. The molecule has 1 atom stereocenters. The molecule has 0 aliphatic rings. The van der Waals surface area contributed by atoms with Gasteiger partial charge in [0, 0.05) is 10.6 Å². The van der Waals surface area contributed by atoms with Crippen LogP contribution >= 0.6 is 7.80 Å². The fourth-order valence-electron chi connectivity index (χ4n) is 1.37. The van der Waals surface area contributed by atoms with Crippen LogP contribution in [0.1, 0.15) is 0 Å². The van der Waals surface area contributed by atoms with Gasteiger partial charge in [0.05, 0.1) is 0 Å². The minimum atomic E-state index is -1.92. The standard InChI is InChI=1S/C12H11O2P/c13-10-6-8-12(9-7-10)15(14)11-4-2-1-3-5-11/h1-9,13,15H. The van der Waals surface area contributed by atoms with E-state index in [-0.39, 0.29) is 5.75 Å². The van der Waals surface area contributed by atoms with Crippen LogP contribution in [0.3, 0.4) is 0 Å². The van der Waals surface area contributed by atoms with Crippen molar-refractivity contribution >= 4 is 18.4 Å². The highest BCUT2D eigenvalue weighted by molar-refractivity contribution is 7.61. The first-order valence-electron chi connectivity index (χ1n) is 4.66. The molecule has 0 heterocycles. The van der Waals surface area contributed by atoms with Gasteiger partial charge in [-0.15, -0.1) is 0 Å². The molecule has 0 radical (unpaired) electrons. The zero-order chi connectivity index (χ0) is 10.7. The Hall–Kier alpha value is -1.53. The number of hydrogen-bond acceptors (Lipinski definition) is 2. The van der Waals surface area contributed by atoms with Crippen molar-refractivity contribution in [2.24, 2.45) is 0 Å². The molecule has 2 aromatic rings. The summed E-state index contributed by atoms with van der Waals surface area (Å²) in [6, 6.07) is 15.9. The lowest BCUT2D eigenvalue weighted by Crippen LogP contribution is -2.05. The summed E-state index contributed by atoms with van der Waals surface area (Å²) < 4.78 is 12.1. The van der Waals surface area contributed by atoms with Crippen molar-refractivity contribution < 1.29 is 9.67 Å². The van der Waals surface area contributed by atoms with Crippen LogP contribution < -0.4 is 10.6 Å². The lowest BCUT2D eigenvalue weighted by molar-refractivity contribution is 0.475. The molecule has 2 aromatic carbocycles. The first kappa shape index (κ1) is 10.0. The lowest BCUT2D eigenvalue weighted by Gasteiger charge is -2.02. The van der Waals surface area contributed by atoms with E-state index in [9.17, 15) is 4.57 Å². The molecule has 0 bridgehead atoms. The molecule has 0 saturated heterocycles. The summed E-state index contributed by atoms with van der Waals surface area (Å²) in [7, 11) is -1.92. The van der Waals surface area contributed by atoms with Gasteiger partial charge in [0.2, 0.25) is 0 Å². The average molecular weight is 218 g/mol. The summed E-state index contributed by atoms with van der Waals surface area (Å²) in [6.45, 7) is 0. The van der Waals surface area contributed by atoms with Crippen molar-refractivity contribution in [3.63, 3.8) is 0 Å². The van der Waals surface area contributed by atoms with Crippen LogP contribution in [0.2, 0.25) is 0 Å². The number of phenolic OH excluding ortho intramolecular Hbond substituents is 1. The summed E-state index contributed by atoms with van der Waals surface area (Å²) in [4.78, 5) is 0. The second kappa shape index (κ2) is 4.33. The average Bonchev–Trinajstić information content (AvgIpc) is 2.30. The second-order valence-corrected chi connectivity index (χ2v) is 5.05. The van der Waals surface area contributed by atoms with Gasteiger partial charge in [0.25, 0.3) is 0 Å². The SMILES string of the molecule is O=[PH](c1ccccc1)c1ccc(O)cc1. The fraction of sp³-hybridized carbons (Fsp3) is 0. The molecule has 1 unspecified atom stereocenters. The summed E-state index contributed by atoms with van der Waals surface area (Å²) in [5.41, 5.74) is 0. The maximum atomic E-state index is 12.1. The summed E-state index contributed by atoms with van der Waals surface area (Å²) in [5, 5.41) is 10.7. The van der Waals surface area contributed by atoms with E-state index in [1.807, 2.05) is 30.3 Å². The molecular formula is C12H11O2P. The van der Waals surface area contributed by atoms with E-state index in [1.165, 1.54) is 0 Å². The number of aromatic hydroxyl groups is 1. The van der Waals surface area contributed by atoms with Crippen LogP contribution in [-0.4, -0.2) is 5.11 Å². The molecule has 0 aromatic heterocycles. The number of benzene rings is 2. The maximum absolute atomic E-state index is 12.1. The highest BCUT2D eigenvalue weighted by atomic mass is 31.1. The van der Waals surface area contributed by atoms with E-state index in [4.69, 9.17) is 5.11 Å². The van der Waals surface area contributed by atoms with Gasteiger partial charge in [-0.25, -0.2) is 0 Å². The molecule has 3 heteroatoms. The molecule has 0 spiro atoms. The summed E-state index contributed by atoms with van der Waals surface area (Å²) in [6.07, 6.45) is 0. The zero-order valence-corrected chi connectivity index (χ0v) is 9.05. The van der Waals surface area contributed by atoms with Crippen molar-refractivity contribution in [1.82, 2.24) is 0 Å². The van der Waals surface area contributed by atoms with Crippen molar-refractivity contribution in [2.45, 2.75) is 0 Å². The minimum absolute atomic E-state index is 0.196. The monoisotopic (exact) mass is 218 g/mol. The molecule has 15 heavy (non-hydrogen) atoms. The van der Waals surface area contributed by atoms with Gasteiger partial charge in [0.15, 0.2) is 0 Å². The molecule has 2 rings (SSSR count). The largest absolute Gasteiger partial charge is 0.508 e. The Morgan fingerprint density at radius 3 is 1.93 bits per heavy atom. The Labute approximate surface area is 89.0 Å². The maximum Gasteiger partial charge on any atom is 0.131 e. The van der Waals surface area contributed by atoms with E-state index >= 15 is 0 Å². The van der Waals surface area contributed by atoms with Gasteiger partial charge in [-0.05, 0) is 24.3 Å². The van der Waals surface area contributed by atoms with Gasteiger partial charge in [-0.2, -0.15) is 0 Å². The van der Waals surface area contributed by atoms with E-state index in [1.54, 1.807) is 24.3 Å². The Kier molecular flexibility index (Phi) is 2.89. The van der Waals surface area contributed by atoms with Crippen molar-refractivity contribution in [3.8, 4) is 5.75 Å². The predicted molar refractivity (Wildman–Crippen MR) is 62.8 cm³/mol. The highest BCUT2D eigenvalue weighted by Crippen LogP contribution is 2.20. The smallest absolute Gasteiger partial charge is 0.131 e. The quantitative estimate of drug-likeness (QED) is 0.782. The third-order valence-electron chi connectivity index (χ3n) is 2.17. The van der Waals surface area contributed by atoms with Gasteiger partial charge in [-0.3, -0.25) is 0 Å². The summed E-state index contributed by atoms with van der Waals surface area (Å²) >= 11 is 0. The molecule has 2 nitrogen and oxygen atoms in total. The number of rotatable bonds is 2. The Morgan fingerprint density at radius 2 is 1.33 bits per heavy atom. The minimum Gasteiger partial charge on any atom is -0.508 e. The predicted octanol–water partition coefficient (Wildman–Crippen LogP) is 1.90. The van der Waals surface area contributed by atoms with Crippen LogP contribution in [0.15, 0.2) is 54.6 Å². The Balaban J connectivity index is 2.33. The number of phenols is 1. The molecule has 1 N–H and O–H groups in total. The molecule has 0 amide bonds. The molecular weight excluding hydrogens is 207 g/mol. The third-order valence-corrected chi connectivity index (χ3v) is 3.88. The topological polar surface area (TPSA) is 37.3 Å². The van der Waals surface area contributed by atoms with Crippen LogP contribution in [-0.2, 0) is 4.57 Å². The third kappa shape index (κ3) is 2.28. The van der Waals surface area contributed by atoms with Gasteiger partial charge < -0.3 is 9.67 Å². The van der Waals surface area contributed by atoms with E-state index in [2.05, 4.69) is 0 Å². The first-order valence-corrected chi connectivity index (χ1v) is 6.07. The Morgan fingerprint density at radius 1 is 0.800 bits per heavy atom. The van der Waals surface area contributed by atoms with E-state index in [0.717, 1.165) is 10.6 Å². The fourth-order valence-corrected chi connectivity index (χ4v) is 2.67. The van der Waals surface area contributed by atoms with Crippen molar-refractivity contribution in [2.75, 3.05) is 0 Å². The van der Waals surface area contributed by atoms with Crippen molar-refractivity contribution in [1.29, 1.82) is 0 Å². The van der Waals surface area contributed by atoms with E-state index < -0.39 is 7.80 Å². The van der Waals surface area contributed by atoms with Crippen LogP contribution in [0, 0.1) is 0 Å². The zero-order valence-electron chi connectivity index (χ0n) is 8.05. The van der Waals surface area contributed by atoms with Crippen LogP contribution in [0.5, 0.6) is 5.75 Å². The van der Waals surface area contributed by atoms with Crippen LogP contribution in [0.25, 0.3) is 0 Å². The molecule has 76 valence electrons. The lowest BCUT2D eigenvalue weighted by atomic mass is 10.3. The number of hydrogen-bond donors (Lipinski definition) is 1. The molecule has 0 aliphatic carbocycles. The van der Waals surface area contributed by atoms with E-state index in [0.29, 0.717) is 0 Å². The van der Waals surface area contributed by atoms with Gasteiger partial charge >= 0.3 is 0 Å². The van der Waals surface area contributed by atoms with Crippen LogP contribution in [0.4, 0.5) is 0 Å².